The topological polar surface area (TPSA) is 42.4 Å². The van der Waals surface area contributed by atoms with E-state index in [0.29, 0.717) is 13.1 Å². The second-order valence-corrected chi connectivity index (χ2v) is 6.76. The molecular weight excluding hydrogens is 351 g/mol. The Kier molecular flexibility index (Phi) is 6.33. The molecule has 4 nitrogen and oxygen atoms in total. The first kappa shape index (κ1) is 18.1. The van der Waals surface area contributed by atoms with Crippen LogP contribution in [0.4, 0.5) is 4.39 Å². The van der Waals surface area contributed by atoms with Gasteiger partial charge < -0.3 is 9.64 Å². The molecule has 0 fully saturated rings. The Bertz CT molecular complexity index is 825. The number of aromatic nitrogens is 1. The van der Waals surface area contributed by atoms with Gasteiger partial charge in [0, 0.05) is 30.4 Å². The molecule has 2 heterocycles. The van der Waals surface area contributed by atoms with E-state index in [1.54, 1.807) is 40.8 Å². The number of thiophene rings is 1. The monoisotopic (exact) mass is 370 g/mol. The lowest BCUT2D eigenvalue weighted by atomic mass is 10.2. The van der Waals surface area contributed by atoms with Gasteiger partial charge in [-0.1, -0.05) is 24.3 Å². The number of hydrogen-bond donors (Lipinski definition) is 0. The van der Waals surface area contributed by atoms with Crippen molar-refractivity contribution in [3.8, 4) is 5.75 Å². The number of rotatable bonds is 8. The number of amides is 1. The molecular formula is C20H19FN2O2S. The van der Waals surface area contributed by atoms with Gasteiger partial charge in [0.2, 0.25) is 0 Å². The minimum atomic E-state index is -0.474. The maximum Gasteiger partial charge on any atom is 0.260 e. The van der Waals surface area contributed by atoms with Gasteiger partial charge in [-0.25, -0.2) is 4.39 Å². The number of carbonyl (C=O) groups excluding carboxylic acids is 1. The van der Waals surface area contributed by atoms with Crippen LogP contribution in [0.5, 0.6) is 5.75 Å². The molecule has 0 atom stereocenters. The van der Waals surface area contributed by atoms with E-state index in [2.05, 4.69) is 4.98 Å². The third-order valence-corrected chi connectivity index (χ3v) is 4.78. The van der Waals surface area contributed by atoms with Crippen molar-refractivity contribution in [3.05, 3.63) is 82.6 Å². The van der Waals surface area contributed by atoms with Crippen molar-refractivity contribution in [1.82, 2.24) is 9.88 Å². The number of benzene rings is 1. The minimum absolute atomic E-state index is 0.0837. The van der Waals surface area contributed by atoms with Crippen LogP contribution in [-0.4, -0.2) is 28.9 Å². The molecule has 3 aromatic rings. The first-order chi connectivity index (χ1) is 12.7. The predicted molar refractivity (Wildman–Crippen MR) is 99.6 cm³/mol. The molecule has 0 aliphatic rings. The molecule has 134 valence electrons. The van der Waals surface area contributed by atoms with E-state index in [-0.39, 0.29) is 18.3 Å². The summed E-state index contributed by atoms with van der Waals surface area (Å²) in [6, 6.07) is 13.9. The highest BCUT2D eigenvalue weighted by molar-refractivity contribution is 7.09. The van der Waals surface area contributed by atoms with E-state index >= 15 is 0 Å². The van der Waals surface area contributed by atoms with E-state index < -0.39 is 5.82 Å². The van der Waals surface area contributed by atoms with Crippen LogP contribution in [-0.2, 0) is 17.8 Å². The Balaban J connectivity index is 1.64. The lowest BCUT2D eigenvalue weighted by Crippen LogP contribution is -2.36. The zero-order valence-corrected chi connectivity index (χ0v) is 15.0. The average molecular weight is 370 g/mol. The molecule has 2 aromatic heterocycles. The molecule has 0 saturated heterocycles. The third kappa shape index (κ3) is 5.13. The Labute approximate surface area is 155 Å². The zero-order valence-electron chi connectivity index (χ0n) is 14.2. The van der Waals surface area contributed by atoms with Gasteiger partial charge in [0.05, 0.1) is 0 Å². The normalized spacial score (nSPS) is 10.5. The Morgan fingerprint density at radius 2 is 2.04 bits per heavy atom. The van der Waals surface area contributed by atoms with Crippen molar-refractivity contribution in [2.45, 2.75) is 13.0 Å². The summed E-state index contributed by atoms with van der Waals surface area (Å²) in [5.41, 5.74) is 0.943. The van der Waals surface area contributed by atoms with Gasteiger partial charge in [0.15, 0.2) is 18.2 Å². The van der Waals surface area contributed by atoms with Crippen LogP contribution in [0.15, 0.2) is 66.3 Å². The predicted octanol–water partition coefficient (Wildman–Crippen LogP) is 3.93. The molecule has 26 heavy (non-hydrogen) atoms. The minimum Gasteiger partial charge on any atom is -0.481 e. The maximum atomic E-state index is 13.7. The largest absolute Gasteiger partial charge is 0.481 e. The summed E-state index contributed by atoms with van der Waals surface area (Å²) < 4.78 is 19.0. The molecule has 3 rings (SSSR count). The fourth-order valence-corrected chi connectivity index (χ4v) is 3.19. The zero-order chi connectivity index (χ0) is 18.2. The molecule has 0 saturated carbocycles. The standard InChI is InChI=1S/C20H19FN2O2S/c21-18-7-1-2-8-19(18)25-15-20(24)23(11-9-17-6-4-12-26-17)14-16-5-3-10-22-13-16/h1-8,10,12-13H,9,11,14-15H2. The summed E-state index contributed by atoms with van der Waals surface area (Å²) in [7, 11) is 0. The van der Waals surface area contributed by atoms with Crippen molar-refractivity contribution in [2.24, 2.45) is 0 Å². The van der Waals surface area contributed by atoms with Crippen molar-refractivity contribution in [1.29, 1.82) is 0 Å². The molecule has 0 unspecified atom stereocenters. The molecule has 1 aromatic carbocycles. The number of nitrogens with zero attached hydrogens (tertiary/aromatic N) is 2. The number of pyridine rings is 1. The lowest BCUT2D eigenvalue weighted by molar-refractivity contribution is -0.134. The van der Waals surface area contributed by atoms with E-state index in [4.69, 9.17) is 4.74 Å². The molecule has 0 bridgehead atoms. The van der Waals surface area contributed by atoms with Crippen molar-refractivity contribution in [3.63, 3.8) is 0 Å². The summed E-state index contributed by atoms with van der Waals surface area (Å²) >= 11 is 1.66. The second kappa shape index (κ2) is 9.10. The highest BCUT2D eigenvalue weighted by Gasteiger charge is 2.16. The van der Waals surface area contributed by atoms with Crippen molar-refractivity contribution >= 4 is 17.2 Å². The van der Waals surface area contributed by atoms with Gasteiger partial charge >= 0.3 is 0 Å². The van der Waals surface area contributed by atoms with Gasteiger partial charge in [-0.15, -0.1) is 11.3 Å². The van der Waals surface area contributed by atoms with Crippen molar-refractivity contribution in [2.75, 3.05) is 13.2 Å². The van der Waals surface area contributed by atoms with E-state index in [1.807, 2.05) is 29.6 Å². The quantitative estimate of drug-likeness (QED) is 0.603. The highest BCUT2D eigenvalue weighted by Crippen LogP contribution is 2.16. The van der Waals surface area contributed by atoms with Gasteiger partial charge in [0.1, 0.15) is 0 Å². The van der Waals surface area contributed by atoms with E-state index in [9.17, 15) is 9.18 Å². The molecule has 0 spiro atoms. The number of halogens is 1. The van der Waals surface area contributed by atoms with Crippen LogP contribution in [0.2, 0.25) is 0 Å². The molecule has 1 amide bonds. The first-order valence-corrected chi connectivity index (χ1v) is 9.17. The number of carbonyl (C=O) groups is 1. The van der Waals surface area contributed by atoms with Gasteiger partial charge in [-0.05, 0) is 41.6 Å². The van der Waals surface area contributed by atoms with Crippen LogP contribution < -0.4 is 4.74 Å². The smallest absolute Gasteiger partial charge is 0.260 e. The molecule has 0 aliphatic carbocycles. The van der Waals surface area contributed by atoms with Gasteiger partial charge in [-0.2, -0.15) is 0 Å². The summed E-state index contributed by atoms with van der Waals surface area (Å²) in [6.45, 7) is 0.805. The van der Waals surface area contributed by atoms with E-state index in [1.165, 1.54) is 17.0 Å². The molecule has 0 radical (unpaired) electrons. The number of ether oxygens (including phenoxy) is 1. The summed E-state index contributed by atoms with van der Waals surface area (Å²) in [4.78, 5) is 19.7. The van der Waals surface area contributed by atoms with Crippen LogP contribution in [0.25, 0.3) is 0 Å². The first-order valence-electron chi connectivity index (χ1n) is 8.29. The lowest BCUT2D eigenvalue weighted by Gasteiger charge is -2.22. The Hall–Kier alpha value is -2.73. The number of para-hydroxylation sites is 1. The second-order valence-electron chi connectivity index (χ2n) is 5.73. The molecule has 0 N–H and O–H groups in total. The van der Waals surface area contributed by atoms with E-state index in [0.717, 1.165) is 12.0 Å². The van der Waals surface area contributed by atoms with Gasteiger partial charge in [0.25, 0.3) is 5.91 Å². The third-order valence-electron chi connectivity index (χ3n) is 3.84. The van der Waals surface area contributed by atoms with Crippen LogP contribution >= 0.6 is 11.3 Å². The summed E-state index contributed by atoms with van der Waals surface area (Å²) in [6.07, 6.45) is 4.20. The summed E-state index contributed by atoms with van der Waals surface area (Å²) in [5.74, 6) is -0.577. The van der Waals surface area contributed by atoms with Crippen LogP contribution in [0.3, 0.4) is 0 Å². The van der Waals surface area contributed by atoms with Crippen molar-refractivity contribution < 1.29 is 13.9 Å². The Morgan fingerprint density at radius 1 is 1.15 bits per heavy atom. The fourth-order valence-electron chi connectivity index (χ4n) is 2.50. The highest BCUT2D eigenvalue weighted by atomic mass is 32.1. The Morgan fingerprint density at radius 3 is 2.77 bits per heavy atom. The van der Waals surface area contributed by atoms with Gasteiger partial charge in [-0.3, -0.25) is 9.78 Å². The molecule has 6 heteroatoms. The average Bonchev–Trinajstić information content (AvgIpc) is 3.18. The van der Waals surface area contributed by atoms with Crippen LogP contribution in [0.1, 0.15) is 10.4 Å². The SMILES string of the molecule is O=C(COc1ccccc1F)N(CCc1cccs1)Cc1cccnc1. The molecule has 0 aliphatic heterocycles. The fraction of sp³-hybridized carbons (Fsp3) is 0.200. The maximum absolute atomic E-state index is 13.7. The number of hydrogen-bond acceptors (Lipinski definition) is 4. The summed E-state index contributed by atoms with van der Waals surface area (Å²) in [5, 5.41) is 2.02. The van der Waals surface area contributed by atoms with Crippen LogP contribution in [0, 0.1) is 5.82 Å².